The molecule has 2 amide bonds. The van der Waals surface area contributed by atoms with Crippen LogP contribution in [0.3, 0.4) is 0 Å². The van der Waals surface area contributed by atoms with E-state index in [4.69, 9.17) is 11.6 Å². The summed E-state index contributed by atoms with van der Waals surface area (Å²) in [6, 6.07) is 12.5. The van der Waals surface area contributed by atoms with Crippen molar-refractivity contribution in [1.82, 2.24) is 9.80 Å². The number of nitrogens with zero attached hydrogens (tertiary/aromatic N) is 2. The summed E-state index contributed by atoms with van der Waals surface area (Å²) in [5.41, 5.74) is 3.04. The van der Waals surface area contributed by atoms with Crippen molar-refractivity contribution >= 4 is 23.3 Å². The molecule has 0 saturated carbocycles. The average molecular weight is 362 g/mol. The third-order valence-electron chi connectivity index (χ3n) is 4.36. The molecule has 2 aromatic carbocycles. The summed E-state index contributed by atoms with van der Waals surface area (Å²) in [6.07, 6.45) is 0. The van der Waals surface area contributed by atoms with Gasteiger partial charge in [-0.05, 0) is 30.7 Å². The molecule has 1 fully saturated rings. The Bertz CT molecular complexity index is 743. The monoisotopic (exact) mass is 361 g/mol. The summed E-state index contributed by atoms with van der Waals surface area (Å²) in [4.78, 5) is 16.4. The first-order valence-electron chi connectivity index (χ1n) is 8.30. The van der Waals surface area contributed by atoms with Gasteiger partial charge in [0.1, 0.15) is 5.82 Å². The normalized spacial score (nSPS) is 15.2. The zero-order chi connectivity index (χ0) is 17.8. The lowest BCUT2D eigenvalue weighted by Crippen LogP contribution is -2.49. The fourth-order valence-corrected chi connectivity index (χ4v) is 3.02. The molecule has 132 valence electrons. The molecule has 0 spiro atoms. The Morgan fingerprint density at radius 2 is 1.80 bits per heavy atom. The van der Waals surface area contributed by atoms with Gasteiger partial charge in [-0.3, -0.25) is 4.90 Å². The Balaban J connectivity index is 1.50. The minimum absolute atomic E-state index is 0.000664. The smallest absolute Gasteiger partial charge is 0.321 e. The van der Waals surface area contributed by atoms with Crippen LogP contribution in [0.2, 0.25) is 5.02 Å². The number of hydrogen-bond donors (Lipinski definition) is 1. The molecule has 2 aromatic rings. The van der Waals surface area contributed by atoms with Gasteiger partial charge in [-0.15, -0.1) is 0 Å². The number of aryl methyl sites for hydroxylation is 1. The van der Waals surface area contributed by atoms with Gasteiger partial charge in [0.15, 0.2) is 0 Å². The number of amides is 2. The number of hydrogen-bond acceptors (Lipinski definition) is 2. The molecule has 6 heteroatoms. The first-order valence-corrected chi connectivity index (χ1v) is 8.68. The second-order valence-corrected chi connectivity index (χ2v) is 6.72. The molecule has 3 rings (SSSR count). The van der Waals surface area contributed by atoms with E-state index in [1.807, 2.05) is 0 Å². The maximum absolute atomic E-state index is 13.2. The Morgan fingerprint density at radius 1 is 1.12 bits per heavy atom. The summed E-state index contributed by atoms with van der Waals surface area (Å²) in [7, 11) is 0. The number of carbonyl (C=O) groups excluding carboxylic acids is 1. The van der Waals surface area contributed by atoms with Gasteiger partial charge in [-0.25, -0.2) is 9.18 Å². The largest absolute Gasteiger partial charge is 0.322 e. The van der Waals surface area contributed by atoms with Gasteiger partial charge >= 0.3 is 6.03 Å². The Morgan fingerprint density at radius 3 is 2.44 bits per heavy atom. The van der Waals surface area contributed by atoms with E-state index < -0.39 is 5.82 Å². The maximum Gasteiger partial charge on any atom is 0.321 e. The van der Waals surface area contributed by atoms with Crippen molar-refractivity contribution in [2.75, 3.05) is 31.5 Å². The molecule has 4 nitrogen and oxygen atoms in total. The van der Waals surface area contributed by atoms with Gasteiger partial charge < -0.3 is 10.2 Å². The maximum atomic E-state index is 13.2. The van der Waals surface area contributed by atoms with Crippen LogP contribution in [0, 0.1) is 12.7 Å². The van der Waals surface area contributed by atoms with Crippen molar-refractivity contribution in [1.29, 1.82) is 0 Å². The number of halogens is 2. The third-order valence-corrected chi connectivity index (χ3v) is 4.65. The molecule has 0 unspecified atom stereocenters. The van der Waals surface area contributed by atoms with Crippen molar-refractivity contribution in [3.05, 3.63) is 64.4 Å². The molecular weight excluding hydrogens is 341 g/mol. The lowest BCUT2D eigenvalue weighted by molar-refractivity contribution is 0.143. The van der Waals surface area contributed by atoms with Gasteiger partial charge in [-0.1, -0.05) is 41.4 Å². The van der Waals surface area contributed by atoms with E-state index in [0.29, 0.717) is 18.8 Å². The second-order valence-electron chi connectivity index (χ2n) is 6.31. The van der Waals surface area contributed by atoms with Crippen molar-refractivity contribution in [2.45, 2.75) is 13.5 Å². The van der Waals surface area contributed by atoms with Crippen LogP contribution < -0.4 is 5.32 Å². The standard InChI is InChI=1S/C19H21ClFN3O/c1-14-2-4-15(5-3-14)13-23-8-10-24(11-9-23)19(25)22-16-6-7-18(21)17(20)12-16/h2-7,12H,8-11,13H2,1H3,(H,22,25). The lowest BCUT2D eigenvalue weighted by Gasteiger charge is -2.34. The van der Waals surface area contributed by atoms with E-state index in [1.54, 1.807) is 4.90 Å². The van der Waals surface area contributed by atoms with Gasteiger partial charge in [0.25, 0.3) is 0 Å². The summed E-state index contributed by atoms with van der Waals surface area (Å²) >= 11 is 5.74. The molecule has 1 heterocycles. The Hall–Kier alpha value is -2.11. The number of rotatable bonds is 3. The van der Waals surface area contributed by atoms with E-state index in [0.717, 1.165) is 19.6 Å². The molecule has 0 aliphatic carbocycles. The fraction of sp³-hybridized carbons (Fsp3) is 0.316. The van der Waals surface area contributed by atoms with Gasteiger partial charge in [-0.2, -0.15) is 0 Å². The van der Waals surface area contributed by atoms with Crippen LogP contribution in [0.1, 0.15) is 11.1 Å². The minimum Gasteiger partial charge on any atom is -0.322 e. The fourth-order valence-electron chi connectivity index (χ4n) is 2.84. The summed E-state index contributed by atoms with van der Waals surface area (Å²) in [5.74, 6) is -0.496. The van der Waals surface area contributed by atoms with E-state index in [2.05, 4.69) is 41.4 Å². The predicted molar refractivity (Wildman–Crippen MR) is 98.5 cm³/mol. The van der Waals surface area contributed by atoms with Crippen LogP contribution in [0.5, 0.6) is 0 Å². The van der Waals surface area contributed by atoms with Crippen LogP contribution in [0.4, 0.5) is 14.9 Å². The molecule has 1 aliphatic heterocycles. The van der Waals surface area contributed by atoms with E-state index in [1.165, 1.54) is 29.3 Å². The van der Waals surface area contributed by atoms with Gasteiger partial charge in [0.2, 0.25) is 0 Å². The zero-order valence-electron chi connectivity index (χ0n) is 14.1. The molecule has 1 N–H and O–H groups in total. The van der Waals surface area contributed by atoms with E-state index in [-0.39, 0.29) is 11.1 Å². The zero-order valence-corrected chi connectivity index (χ0v) is 14.9. The first-order chi connectivity index (χ1) is 12.0. The number of benzene rings is 2. The Labute approximate surface area is 152 Å². The van der Waals surface area contributed by atoms with Crippen LogP contribution in [-0.2, 0) is 6.54 Å². The molecule has 0 aromatic heterocycles. The highest BCUT2D eigenvalue weighted by Crippen LogP contribution is 2.20. The third kappa shape index (κ3) is 4.71. The van der Waals surface area contributed by atoms with Gasteiger partial charge in [0.05, 0.1) is 5.02 Å². The quantitative estimate of drug-likeness (QED) is 0.891. The van der Waals surface area contributed by atoms with Crippen molar-refractivity contribution in [3.8, 4) is 0 Å². The van der Waals surface area contributed by atoms with Crippen LogP contribution >= 0.6 is 11.6 Å². The summed E-state index contributed by atoms with van der Waals surface area (Å²) in [6.45, 7) is 5.94. The van der Waals surface area contributed by atoms with Crippen molar-refractivity contribution in [2.24, 2.45) is 0 Å². The number of urea groups is 1. The highest BCUT2D eigenvalue weighted by atomic mass is 35.5. The molecule has 1 aliphatic rings. The highest BCUT2D eigenvalue weighted by Gasteiger charge is 2.21. The van der Waals surface area contributed by atoms with Crippen LogP contribution in [0.15, 0.2) is 42.5 Å². The topological polar surface area (TPSA) is 35.6 Å². The minimum atomic E-state index is -0.496. The second kappa shape index (κ2) is 7.85. The van der Waals surface area contributed by atoms with Crippen LogP contribution in [-0.4, -0.2) is 42.0 Å². The molecule has 0 bridgehead atoms. The highest BCUT2D eigenvalue weighted by molar-refractivity contribution is 6.31. The van der Waals surface area contributed by atoms with E-state index >= 15 is 0 Å². The number of nitrogens with one attached hydrogen (secondary N) is 1. The van der Waals surface area contributed by atoms with Gasteiger partial charge in [0, 0.05) is 38.4 Å². The average Bonchev–Trinajstić information content (AvgIpc) is 2.61. The first kappa shape index (κ1) is 17.7. The summed E-state index contributed by atoms with van der Waals surface area (Å²) < 4.78 is 13.2. The SMILES string of the molecule is Cc1ccc(CN2CCN(C(=O)Nc3ccc(F)c(Cl)c3)CC2)cc1. The Kier molecular flexibility index (Phi) is 5.56. The number of piperazine rings is 1. The van der Waals surface area contributed by atoms with E-state index in [9.17, 15) is 9.18 Å². The van der Waals surface area contributed by atoms with Crippen molar-refractivity contribution in [3.63, 3.8) is 0 Å². The molecule has 0 atom stereocenters. The molecule has 1 saturated heterocycles. The molecule has 0 radical (unpaired) electrons. The molecular formula is C19H21ClFN3O. The molecule has 25 heavy (non-hydrogen) atoms. The van der Waals surface area contributed by atoms with Crippen molar-refractivity contribution < 1.29 is 9.18 Å². The number of anilines is 1. The lowest BCUT2D eigenvalue weighted by atomic mass is 10.1. The number of carbonyl (C=O) groups is 1. The predicted octanol–water partition coefficient (Wildman–Crippen LogP) is 4.14. The summed E-state index contributed by atoms with van der Waals surface area (Å²) in [5, 5.41) is 2.77. The van der Waals surface area contributed by atoms with Crippen LogP contribution in [0.25, 0.3) is 0 Å².